The Kier molecular flexibility index (Phi) is 6.24. The van der Waals surface area contributed by atoms with Gasteiger partial charge in [-0.15, -0.1) is 0 Å². The van der Waals surface area contributed by atoms with E-state index in [1.807, 2.05) is 12.1 Å². The average molecular weight is 365 g/mol. The number of nitrogens with zero attached hydrogens (tertiary/aromatic N) is 1. The number of hydrogen-bond donors (Lipinski definition) is 2. The second-order valence-corrected chi connectivity index (χ2v) is 7.40. The fourth-order valence-electron chi connectivity index (χ4n) is 3.39. The molecule has 1 saturated heterocycles. The standard InChI is InChI=1S/C22H27N3O2/c1-16-9-11-25(12-10-16)15-18-4-2-3-17(13-18)14-24-22(27)20-7-5-19(6-8-20)21(23)26/h2-8,13,16H,9-12,14-15H2,1H3,(H2,23,26)(H,24,27). The van der Waals surface area contributed by atoms with E-state index in [4.69, 9.17) is 5.73 Å². The van der Waals surface area contributed by atoms with Crippen molar-refractivity contribution < 1.29 is 9.59 Å². The summed E-state index contributed by atoms with van der Waals surface area (Å²) in [4.78, 5) is 25.9. The summed E-state index contributed by atoms with van der Waals surface area (Å²) in [5, 5.41) is 2.93. The molecule has 2 amide bonds. The molecule has 5 heteroatoms. The molecule has 3 N–H and O–H groups in total. The SMILES string of the molecule is CC1CCN(Cc2cccc(CNC(=O)c3ccc(C(N)=O)cc3)c2)CC1. The molecule has 142 valence electrons. The van der Waals surface area contributed by atoms with Gasteiger partial charge in [-0.1, -0.05) is 31.2 Å². The van der Waals surface area contributed by atoms with Gasteiger partial charge in [-0.25, -0.2) is 0 Å². The molecule has 5 nitrogen and oxygen atoms in total. The Morgan fingerprint density at radius 3 is 2.33 bits per heavy atom. The predicted octanol–water partition coefficient (Wildman–Crippen LogP) is 2.95. The van der Waals surface area contributed by atoms with E-state index in [2.05, 4.69) is 29.3 Å². The number of hydrogen-bond acceptors (Lipinski definition) is 3. The minimum absolute atomic E-state index is 0.165. The van der Waals surface area contributed by atoms with Crippen molar-refractivity contribution in [2.24, 2.45) is 11.7 Å². The van der Waals surface area contributed by atoms with E-state index in [0.29, 0.717) is 17.7 Å². The summed E-state index contributed by atoms with van der Waals surface area (Å²) < 4.78 is 0. The van der Waals surface area contributed by atoms with Crippen molar-refractivity contribution in [1.29, 1.82) is 0 Å². The number of piperidine rings is 1. The van der Waals surface area contributed by atoms with Gasteiger partial charge < -0.3 is 11.1 Å². The number of carbonyl (C=O) groups is 2. The number of primary amides is 1. The van der Waals surface area contributed by atoms with Crippen LogP contribution in [0.25, 0.3) is 0 Å². The number of likely N-dealkylation sites (tertiary alicyclic amines) is 1. The minimum atomic E-state index is -0.498. The Morgan fingerprint density at radius 2 is 1.67 bits per heavy atom. The van der Waals surface area contributed by atoms with Gasteiger partial charge in [0, 0.05) is 24.2 Å². The summed E-state index contributed by atoms with van der Waals surface area (Å²) >= 11 is 0. The first kappa shape index (κ1) is 19.1. The number of carbonyl (C=O) groups excluding carboxylic acids is 2. The fourth-order valence-corrected chi connectivity index (χ4v) is 3.39. The van der Waals surface area contributed by atoms with Crippen LogP contribution in [0.3, 0.4) is 0 Å². The van der Waals surface area contributed by atoms with Gasteiger partial charge in [-0.3, -0.25) is 14.5 Å². The zero-order valence-corrected chi connectivity index (χ0v) is 15.8. The topological polar surface area (TPSA) is 75.4 Å². The molecule has 1 fully saturated rings. The molecular weight excluding hydrogens is 338 g/mol. The molecule has 0 saturated carbocycles. The molecule has 0 radical (unpaired) electrons. The van der Waals surface area contributed by atoms with Crippen LogP contribution in [0.4, 0.5) is 0 Å². The lowest BCUT2D eigenvalue weighted by molar-refractivity contribution is 0.0948. The van der Waals surface area contributed by atoms with Crippen molar-refractivity contribution >= 4 is 11.8 Å². The van der Waals surface area contributed by atoms with Gasteiger partial charge in [0.25, 0.3) is 5.91 Å². The first-order valence-corrected chi connectivity index (χ1v) is 9.49. The number of nitrogens with two attached hydrogens (primary N) is 1. The summed E-state index contributed by atoms with van der Waals surface area (Å²) in [6, 6.07) is 14.7. The third kappa shape index (κ3) is 5.41. The number of rotatable bonds is 6. The number of benzene rings is 2. The Hall–Kier alpha value is -2.66. The van der Waals surface area contributed by atoms with Gasteiger partial charge in [0.2, 0.25) is 5.91 Å². The maximum atomic E-state index is 12.3. The van der Waals surface area contributed by atoms with E-state index in [0.717, 1.165) is 31.1 Å². The van der Waals surface area contributed by atoms with Crippen LogP contribution in [0.2, 0.25) is 0 Å². The van der Waals surface area contributed by atoms with E-state index in [-0.39, 0.29) is 5.91 Å². The molecule has 27 heavy (non-hydrogen) atoms. The average Bonchev–Trinajstić information content (AvgIpc) is 2.68. The first-order chi connectivity index (χ1) is 13.0. The van der Waals surface area contributed by atoms with Crippen molar-refractivity contribution in [1.82, 2.24) is 10.2 Å². The van der Waals surface area contributed by atoms with Gasteiger partial charge >= 0.3 is 0 Å². The number of nitrogens with one attached hydrogen (secondary N) is 1. The van der Waals surface area contributed by atoms with Crippen LogP contribution in [-0.4, -0.2) is 29.8 Å². The second kappa shape index (κ2) is 8.82. The molecule has 2 aromatic carbocycles. The summed E-state index contributed by atoms with van der Waals surface area (Å²) in [5.74, 6) is 0.170. The number of amides is 2. The van der Waals surface area contributed by atoms with Gasteiger partial charge in [0.1, 0.15) is 0 Å². The van der Waals surface area contributed by atoms with E-state index < -0.39 is 5.91 Å². The molecule has 0 spiro atoms. The lowest BCUT2D eigenvalue weighted by Gasteiger charge is -2.30. The normalized spacial score (nSPS) is 15.4. The van der Waals surface area contributed by atoms with Crippen molar-refractivity contribution in [3.8, 4) is 0 Å². The quantitative estimate of drug-likeness (QED) is 0.826. The molecule has 0 unspecified atom stereocenters. The predicted molar refractivity (Wildman–Crippen MR) is 106 cm³/mol. The molecule has 0 aromatic heterocycles. The molecule has 2 aromatic rings. The molecule has 0 bridgehead atoms. The Morgan fingerprint density at radius 1 is 1.04 bits per heavy atom. The van der Waals surface area contributed by atoms with Crippen LogP contribution in [0.1, 0.15) is 51.6 Å². The first-order valence-electron chi connectivity index (χ1n) is 9.49. The third-order valence-corrected chi connectivity index (χ3v) is 5.16. The fraction of sp³-hybridized carbons (Fsp3) is 0.364. The summed E-state index contributed by atoms with van der Waals surface area (Å²) in [6.07, 6.45) is 2.54. The highest BCUT2D eigenvalue weighted by molar-refractivity contribution is 5.97. The molecular formula is C22H27N3O2. The highest BCUT2D eigenvalue weighted by Gasteiger charge is 2.15. The second-order valence-electron chi connectivity index (χ2n) is 7.40. The van der Waals surface area contributed by atoms with E-state index in [1.165, 1.54) is 18.4 Å². The molecule has 0 atom stereocenters. The van der Waals surface area contributed by atoms with Crippen molar-refractivity contribution in [3.63, 3.8) is 0 Å². The summed E-state index contributed by atoms with van der Waals surface area (Å²) in [7, 11) is 0. The van der Waals surface area contributed by atoms with Crippen molar-refractivity contribution in [2.45, 2.75) is 32.9 Å². The Bertz CT molecular complexity index is 793. The molecule has 0 aliphatic carbocycles. The van der Waals surface area contributed by atoms with Crippen molar-refractivity contribution in [3.05, 3.63) is 70.8 Å². The highest BCUT2D eigenvalue weighted by atomic mass is 16.2. The molecule has 1 aliphatic rings. The Balaban J connectivity index is 1.54. The van der Waals surface area contributed by atoms with Crippen LogP contribution >= 0.6 is 0 Å². The summed E-state index contributed by atoms with van der Waals surface area (Å²) in [5.41, 5.74) is 8.49. The molecule has 1 heterocycles. The highest BCUT2D eigenvalue weighted by Crippen LogP contribution is 2.18. The van der Waals surface area contributed by atoms with Gasteiger partial charge in [0.05, 0.1) is 0 Å². The van der Waals surface area contributed by atoms with E-state index >= 15 is 0 Å². The zero-order valence-electron chi connectivity index (χ0n) is 15.8. The third-order valence-electron chi connectivity index (χ3n) is 5.16. The Labute approximate surface area is 160 Å². The van der Waals surface area contributed by atoms with Crippen molar-refractivity contribution in [2.75, 3.05) is 13.1 Å². The lowest BCUT2D eigenvalue weighted by Crippen LogP contribution is -2.32. The zero-order chi connectivity index (χ0) is 19.2. The molecule has 1 aliphatic heterocycles. The maximum Gasteiger partial charge on any atom is 0.251 e. The van der Waals surface area contributed by atoms with E-state index in [9.17, 15) is 9.59 Å². The summed E-state index contributed by atoms with van der Waals surface area (Å²) in [6.45, 7) is 6.07. The molecule has 3 rings (SSSR count). The largest absolute Gasteiger partial charge is 0.366 e. The maximum absolute atomic E-state index is 12.3. The van der Waals surface area contributed by atoms with Gasteiger partial charge in [-0.05, 0) is 67.2 Å². The van der Waals surface area contributed by atoms with Crippen LogP contribution in [0.15, 0.2) is 48.5 Å². The van der Waals surface area contributed by atoms with Gasteiger partial charge in [0.15, 0.2) is 0 Å². The monoisotopic (exact) mass is 365 g/mol. The van der Waals surface area contributed by atoms with E-state index in [1.54, 1.807) is 24.3 Å². The van der Waals surface area contributed by atoms with Crippen LogP contribution in [0.5, 0.6) is 0 Å². The smallest absolute Gasteiger partial charge is 0.251 e. The van der Waals surface area contributed by atoms with Gasteiger partial charge in [-0.2, -0.15) is 0 Å². The van der Waals surface area contributed by atoms with Crippen LogP contribution in [0, 0.1) is 5.92 Å². The minimum Gasteiger partial charge on any atom is -0.366 e. The van der Waals surface area contributed by atoms with Crippen LogP contribution < -0.4 is 11.1 Å². The van der Waals surface area contributed by atoms with Crippen LogP contribution in [-0.2, 0) is 13.1 Å². The lowest BCUT2D eigenvalue weighted by atomic mass is 9.98.